The highest BCUT2D eigenvalue weighted by atomic mass is 32.2. The largest absolute Gasteiger partial charge is 0.454 e. The fourth-order valence-corrected chi connectivity index (χ4v) is 4.69. The standard InChI is InChI=1S/C22H24N2O5S/c25-22(9-7-19-6-8-20-21(16-19)29-17-28-20)23-11-13-24(14-12-23)30(26,27)15-10-18-4-2-1-3-5-18/h1-6,8,10,15-16H,7,9,11-14,17H2/b15-10+. The summed E-state index contributed by atoms with van der Waals surface area (Å²) in [6.45, 7) is 1.64. The van der Waals surface area contributed by atoms with Crippen molar-refractivity contribution in [3.63, 3.8) is 0 Å². The summed E-state index contributed by atoms with van der Waals surface area (Å²) in [6.07, 6.45) is 2.58. The van der Waals surface area contributed by atoms with Crippen molar-refractivity contribution in [2.75, 3.05) is 33.0 Å². The lowest BCUT2D eigenvalue weighted by molar-refractivity contribution is -0.132. The van der Waals surface area contributed by atoms with Crippen molar-refractivity contribution in [2.24, 2.45) is 0 Å². The summed E-state index contributed by atoms with van der Waals surface area (Å²) in [5.41, 5.74) is 1.85. The van der Waals surface area contributed by atoms with E-state index < -0.39 is 10.0 Å². The number of carbonyl (C=O) groups excluding carboxylic acids is 1. The molecule has 1 saturated heterocycles. The van der Waals surface area contributed by atoms with Gasteiger partial charge in [0.25, 0.3) is 0 Å². The minimum absolute atomic E-state index is 0.0320. The molecule has 4 rings (SSSR count). The van der Waals surface area contributed by atoms with Gasteiger partial charge in [0.1, 0.15) is 0 Å². The normalized spacial score (nSPS) is 16.9. The van der Waals surface area contributed by atoms with Crippen LogP contribution in [0.25, 0.3) is 6.08 Å². The zero-order valence-electron chi connectivity index (χ0n) is 16.6. The highest BCUT2D eigenvalue weighted by Crippen LogP contribution is 2.32. The van der Waals surface area contributed by atoms with E-state index in [1.54, 1.807) is 11.0 Å². The zero-order valence-corrected chi connectivity index (χ0v) is 17.4. The van der Waals surface area contributed by atoms with Crippen molar-refractivity contribution in [3.05, 3.63) is 65.1 Å². The van der Waals surface area contributed by atoms with Gasteiger partial charge in [-0.05, 0) is 35.8 Å². The number of ether oxygens (including phenoxy) is 2. The first-order chi connectivity index (χ1) is 14.5. The number of nitrogens with zero attached hydrogens (tertiary/aromatic N) is 2. The van der Waals surface area contributed by atoms with Crippen LogP contribution in [0.2, 0.25) is 0 Å². The summed E-state index contributed by atoms with van der Waals surface area (Å²) in [5, 5.41) is 1.24. The van der Waals surface area contributed by atoms with Gasteiger partial charge >= 0.3 is 0 Å². The molecule has 0 unspecified atom stereocenters. The van der Waals surface area contributed by atoms with Crippen molar-refractivity contribution < 1.29 is 22.7 Å². The average molecular weight is 429 g/mol. The first-order valence-corrected chi connectivity index (χ1v) is 11.4. The van der Waals surface area contributed by atoms with E-state index in [2.05, 4.69) is 0 Å². The third-order valence-corrected chi connectivity index (χ3v) is 6.81. The molecule has 0 aliphatic carbocycles. The summed E-state index contributed by atoms with van der Waals surface area (Å²) in [7, 11) is -3.50. The van der Waals surface area contributed by atoms with Gasteiger partial charge in [0.15, 0.2) is 11.5 Å². The average Bonchev–Trinajstić information content (AvgIpc) is 3.25. The zero-order chi connectivity index (χ0) is 21.0. The van der Waals surface area contributed by atoms with Gasteiger partial charge in [0.2, 0.25) is 22.7 Å². The molecule has 0 bridgehead atoms. The molecular weight excluding hydrogens is 404 g/mol. The molecule has 0 saturated carbocycles. The van der Waals surface area contributed by atoms with Crippen LogP contribution in [0.4, 0.5) is 0 Å². The number of sulfonamides is 1. The Balaban J connectivity index is 1.27. The SMILES string of the molecule is O=C(CCc1ccc2c(c1)OCO2)N1CCN(S(=O)(=O)/C=C/c2ccccc2)CC1. The Bertz CT molecular complexity index is 1030. The predicted molar refractivity (Wildman–Crippen MR) is 113 cm³/mol. The molecule has 2 heterocycles. The quantitative estimate of drug-likeness (QED) is 0.707. The lowest BCUT2D eigenvalue weighted by atomic mass is 10.1. The van der Waals surface area contributed by atoms with Crippen LogP contribution in [0.15, 0.2) is 53.9 Å². The topological polar surface area (TPSA) is 76.2 Å². The molecule has 0 N–H and O–H groups in total. The van der Waals surface area contributed by atoms with Crippen LogP contribution in [-0.2, 0) is 21.2 Å². The van der Waals surface area contributed by atoms with Crippen molar-refractivity contribution >= 4 is 22.0 Å². The predicted octanol–water partition coefficient (Wildman–Crippen LogP) is 2.49. The van der Waals surface area contributed by atoms with Gasteiger partial charge in [0.05, 0.1) is 0 Å². The van der Waals surface area contributed by atoms with E-state index in [1.165, 1.54) is 9.71 Å². The summed E-state index contributed by atoms with van der Waals surface area (Å²) in [6, 6.07) is 15.0. The van der Waals surface area contributed by atoms with E-state index in [4.69, 9.17) is 9.47 Å². The summed E-state index contributed by atoms with van der Waals surface area (Å²) in [5.74, 6) is 1.47. The molecular formula is C22H24N2O5S. The summed E-state index contributed by atoms with van der Waals surface area (Å²) >= 11 is 0. The second kappa shape index (κ2) is 8.89. The Labute approximate surface area is 176 Å². The molecule has 0 spiro atoms. The van der Waals surface area contributed by atoms with Gasteiger partial charge in [0, 0.05) is 38.0 Å². The van der Waals surface area contributed by atoms with Gasteiger partial charge in [-0.2, -0.15) is 4.31 Å². The van der Waals surface area contributed by atoms with Crippen molar-refractivity contribution in [1.29, 1.82) is 0 Å². The lowest BCUT2D eigenvalue weighted by Crippen LogP contribution is -2.50. The number of hydrogen-bond donors (Lipinski definition) is 0. The van der Waals surface area contributed by atoms with Crippen LogP contribution in [0.3, 0.4) is 0 Å². The number of fused-ring (bicyclic) bond motifs is 1. The first-order valence-electron chi connectivity index (χ1n) is 9.91. The molecule has 1 fully saturated rings. The molecule has 1 amide bonds. The molecule has 0 atom stereocenters. The number of amides is 1. The Morgan fingerprint density at radius 3 is 2.47 bits per heavy atom. The maximum absolute atomic E-state index is 12.6. The van der Waals surface area contributed by atoms with E-state index >= 15 is 0 Å². The third-order valence-electron chi connectivity index (χ3n) is 5.25. The lowest BCUT2D eigenvalue weighted by Gasteiger charge is -2.33. The minimum atomic E-state index is -3.50. The molecule has 8 heteroatoms. The Morgan fingerprint density at radius 2 is 1.70 bits per heavy atom. The van der Waals surface area contributed by atoms with Gasteiger partial charge < -0.3 is 14.4 Å². The van der Waals surface area contributed by atoms with Crippen LogP contribution in [0, 0.1) is 0 Å². The van der Waals surface area contributed by atoms with E-state index in [9.17, 15) is 13.2 Å². The number of aryl methyl sites for hydroxylation is 1. The van der Waals surface area contributed by atoms with E-state index in [-0.39, 0.29) is 12.7 Å². The Kier molecular flexibility index (Phi) is 6.06. The van der Waals surface area contributed by atoms with Crippen LogP contribution in [0.1, 0.15) is 17.5 Å². The van der Waals surface area contributed by atoms with Crippen molar-refractivity contribution in [1.82, 2.24) is 9.21 Å². The van der Waals surface area contributed by atoms with Crippen LogP contribution in [0.5, 0.6) is 11.5 Å². The highest BCUT2D eigenvalue weighted by Gasteiger charge is 2.27. The molecule has 0 radical (unpaired) electrons. The third kappa shape index (κ3) is 4.83. The molecule has 30 heavy (non-hydrogen) atoms. The van der Waals surface area contributed by atoms with Crippen LogP contribution in [-0.4, -0.2) is 56.5 Å². The van der Waals surface area contributed by atoms with Crippen LogP contribution >= 0.6 is 0 Å². The summed E-state index contributed by atoms with van der Waals surface area (Å²) < 4.78 is 37.2. The van der Waals surface area contributed by atoms with Crippen molar-refractivity contribution in [2.45, 2.75) is 12.8 Å². The number of carbonyl (C=O) groups is 1. The van der Waals surface area contributed by atoms with Crippen LogP contribution < -0.4 is 9.47 Å². The van der Waals surface area contributed by atoms with E-state index in [0.29, 0.717) is 44.8 Å². The van der Waals surface area contributed by atoms with E-state index in [0.717, 1.165) is 16.9 Å². The maximum Gasteiger partial charge on any atom is 0.236 e. The number of rotatable bonds is 6. The number of hydrogen-bond acceptors (Lipinski definition) is 5. The molecule has 2 aromatic rings. The second-order valence-corrected chi connectivity index (χ2v) is 9.04. The molecule has 158 valence electrons. The Morgan fingerprint density at radius 1 is 0.967 bits per heavy atom. The molecule has 2 aliphatic rings. The molecule has 2 aromatic carbocycles. The summed E-state index contributed by atoms with van der Waals surface area (Å²) in [4.78, 5) is 14.3. The van der Waals surface area contributed by atoms with Gasteiger partial charge in [-0.3, -0.25) is 4.79 Å². The monoisotopic (exact) mass is 428 g/mol. The fraction of sp³-hybridized carbons (Fsp3) is 0.318. The molecule has 2 aliphatic heterocycles. The molecule has 0 aromatic heterocycles. The second-order valence-electron chi connectivity index (χ2n) is 7.23. The van der Waals surface area contributed by atoms with Crippen molar-refractivity contribution in [3.8, 4) is 11.5 Å². The van der Waals surface area contributed by atoms with Gasteiger partial charge in [-0.25, -0.2) is 8.42 Å². The van der Waals surface area contributed by atoms with Gasteiger partial charge in [-0.1, -0.05) is 36.4 Å². The highest BCUT2D eigenvalue weighted by molar-refractivity contribution is 7.92. The fourth-order valence-electron chi connectivity index (χ4n) is 3.51. The molecule has 7 nitrogen and oxygen atoms in total. The Hall–Kier alpha value is -2.84. The number of piperazine rings is 1. The minimum Gasteiger partial charge on any atom is -0.454 e. The smallest absolute Gasteiger partial charge is 0.236 e. The first kappa shape index (κ1) is 20.4. The maximum atomic E-state index is 12.6. The van der Waals surface area contributed by atoms with Gasteiger partial charge in [-0.15, -0.1) is 0 Å². The number of benzene rings is 2. The van der Waals surface area contributed by atoms with E-state index in [1.807, 2.05) is 48.5 Å².